The lowest BCUT2D eigenvalue weighted by atomic mass is 10.3. The van der Waals surface area contributed by atoms with E-state index >= 15 is 0 Å². The molecule has 0 aliphatic carbocycles. The Morgan fingerprint density at radius 3 is 2.44 bits per heavy atom. The molecule has 1 unspecified atom stereocenters. The molecule has 0 aliphatic rings. The maximum atomic E-state index is 8.95. The summed E-state index contributed by atoms with van der Waals surface area (Å²) in [6.45, 7) is 3.69. The van der Waals surface area contributed by atoms with Gasteiger partial charge in [0.05, 0.1) is 7.11 Å². The van der Waals surface area contributed by atoms with Gasteiger partial charge in [0, 0.05) is 0 Å². The molecule has 0 aliphatic heterocycles. The van der Waals surface area contributed by atoms with Gasteiger partial charge >= 0.3 is 0 Å². The Bertz CT molecular complexity index is 95.1. The summed E-state index contributed by atoms with van der Waals surface area (Å²) in [6.07, 6.45) is 2.29. The van der Waals surface area contributed by atoms with E-state index in [0.717, 1.165) is 6.42 Å². The van der Waals surface area contributed by atoms with Crippen LogP contribution in [0.4, 0.5) is 0 Å². The minimum Gasteiger partial charge on any atom is -0.499 e. The highest BCUT2D eigenvalue weighted by molar-refractivity contribution is 4.96. The smallest absolute Gasteiger partial charge is 0.120 e. The zero-order valence-electron chi connectivity index (χ0n) is 6.22. The van der Waals surface area contributed by atoms with Gasteiger partial charge in [0.2, 0.25) is 0 Å². The van der Waals surface area contributed by atoms with E-state index in [4.69, 9.17) is 9.84 Å². The van der Waals surface area contributed by atoms with Crippen molar-refractivity contribution in [3.8, 4) is 0 Å². The quantitative estimate of drug-likeness (QED) is 0.583. The summed E-state index contributed by atoms with van der Waals surface area (Å²) in [5.41, 5.74) is 0. The van der Waals surface area contributed by atoms with Crippen molar-refractivity contribution in [2.24, 2.45) is 0 Å². The number of methoxy groups -OCH3 is 1. The molecule has 9 heavy (non-hydrogen) atoms. The Kier molecular flexibility index (Phi) is 4.14. The maximum Gasteiger partial charge on any atom is 0.120 e. The molecule has 0 aromatic rings. The summed E-state index contributed by atoms with van der Waals surface area (Å²) in [5, 5.41) is 8.95. The summed E-state index contributed by atoms with van der Waals surface area (Å²) in [7, 11) is 1.56. The van der Waals surface area contributed by atoms with Gasteiger partial charge in [-0.1, -0.05) is 6.92 Å². The summed E-state index contributed by atoms with van der Waals surface area (Å²) in [6, 6.07) is 0. The standard InChI is InChI=1S/C7H14O2/c1-4-5-7(9-3)6(2)8/h5-6,8H,4H2,1-3H3/b7-5-. The second-order valence-corrected chi connectivity index (χ2v) is 1.89. The average molecular weight is 130 g/mol. The molecule has 0 fully saturated rings. The van der Waals surface area contributed by atoms with Crippen LogP contribution in [0.5, 0.6) is 0 Å². The Morgan fingerprint density at radius 2 is 2.33 bits per heavy atom. The van der Waals surface area contributed by atoms with E-state index in [1.807, 2.05) is 13.0 Å². The Morgan fingerprint density at radius 1 is 1.78 bits per heavy atom. The number of rotatable bonds is 3. The normalized spacial score (nSPS) is 15.3. The van der Waals surface area contributed by atoms with Gasteiger partial charge in [0.1, 0.15) is 11.9 Å². The van der Waals surface area contributed by atoms with Crippen LogP contribution >= 0.6 is 0 Å². The number of allylic oxidation sites excluding steroid dienone is 1. The molecule has 0 aromatic carbocycles. The lowest BCUT2D eigenvalue weighted by molar-refractivity contribution is 0.141. The zero-order chi connectivity index (χ0) is 7.28. The highest BCUT2D eigenvalue weighted by Gasteiger charge is 2.00. The summed E-state index contributed by atoms with van der Waals surface area (Å²) in [4.78, 5) is 0. The van der Waals surface area contributed by atoms with E-state index in [0.29, 0.717) is 5.76 Å². The molecular formula is C7H14O2. The topological polar surface area (TPSA) is 29.5 Å². The lowest BCUT2D eigenvalue weighted by Crippen LogP contribution is -2.05. The lowest BCUT2D eigenvalue weighted by Gasteiger charge is -2.07. The van der Waals surface area contributed by atoms with E-state index < -0.39 is 6.10 Å². The molecule has 1 atom stereocenters. The number of hydrogen-bond donors (Lipinski definition) is 1. The molecule has 54 valence electrons. The second kappa shape index (κ2) is 4.39. The maximum absolute atomic E-state index is 8.95. The molecule has 0 radical (unpaired) electrons. The summed E-state index contributed by atoms with van der Waals surface area (Å²) < 4.78 is 4.86. The minimum absolute atomic E-state index is 0.477. The van der Waals surface area contributed by atoms with Gasteiger partial charge in [-0.05, 0) is 19.4 Å². The van der Waals surface area contributed by atoms with Crippen LogP contribution in [0.3, 0.4) is 0 Å². The molecule has 0 rings (SSSR count). The first kappa shape index (κ1) is 8.50. The van der Waals surface area contributed by atoms with Crippen LogP contribution in [-0.4, -0.2) is 18.3 Å². The van der Waals surface area contributed by atoms with E-state index in [1.54, 1.807) is 14.0 Å². The Hall–Kier alpha value is -0.500. The largest absolute Gasteiger partial charge is 0.499 e. The van der Waals surface area contributed by atoms with E-state index in [-0.39, 0.29) is 0 Å². The van der Waals surface area contributed by atoms with Gasteiger partial charge in [0.25, 0.3) is 0 Å². The number of ether oxygens (including phenoxy) is 1. The van der Waals surface area contributed by atoms with Crippen molar-refractivity contribution in [3.63, 3.8) is 0 Å². The first-order chi connectivity index (χ1) is 4.22. The van der Waals surface area contributed by atoms with Crippen molar-refractivity contribution in [2.75, 3.05) is 7.11 Å². The predicted octanol–water partition coefficient (Wildman–Crippen LogP) is 1.31. The van der Waals surface area contributed by atoms with Crippen molar-refractivity contribution in [1.29, 1.82) is 0 Å². The van der Waals surface area contributed by atoms with E-state index in [2.05, 4.69) is 0 Å². The molecule has 0 saturated carbocycles. The monoisotopic (exact) mass is 130 g/mol. The van der Waals surface area contributed by atoms with Crippen LogP contribution in [0.1, 0.15) is 20.3 Å². The van der Waals surface area contributed by atoms with E-state index in [9.17, 15) is 0 Å². The summed E-state index contributed by atoms with van der Waals surface area (Å²) >= 11 is 0. The van der Waals surface area contributed by atoms with Crippen molar-refractivity contribution in [3.05, 3.63) is 11.8 Å². The Labute approximate surface area is 56.1 Å². The number of hydrogen-bond acceptors (Lipinski definition) is 2. The number of aliphatic hydroxyl groups excluding tert-OH is 1. The van der Waals surface area contributed by atoms with Crippen molar-refractivity contribution < 1.29 is 9.84 Å². The minimum atomic E-state index is -0.477. The SMILES string of the molecule is CC/C=C(\OC)C(C)O. The van der Waals surface area contributed by atoms with Crippen LogP contribution in [0.2, 0.25) is 0 Å². The van der Waals surface area contributed by atoms with Crippen LogP contribution in [-0.2, 0) is 4.74 Å². The third-order valence-electron chi connectivity index (χ3n) is 1.05. The molecular weight excluding hydrogens is 116 g/mol. The molecule has 1 N–H and O–H groups in total. The first-order valence-electron chi connectivity index (χ1n) is 3.14. The Balaban J connectivity index is 3.81. The van der Waals surface area contributed by atoms with Crippen LogP contribution in [0.25, 0.3) is 0 Å². The van der Waals surface area contributed by atoms with Gasteiger partial charge in [-0.3, -0.25) is 0 Å². The van der Waals surface area contributed by atoms with Crippen LogP contribution < -0.4 is 0 Å². The van der Waals surface area contributed by atoms with Crippen LogP contribution in [0, 0.1) is 0 Å². The highest BCUT2D eigenvalue weighted by atomic mass is 16.5. The van der Waals surface area contributed by atoms with Crippen LogP contribution in [0.15, 0.2) is 11.8 Å². The first-order valence-corrected chi connectivity index (χ1v) is 3.14. The van der Waals surface area contributed by atoms with Gasteiger partial charge < -0.3 is 9.84 Å². The molecule has 0 aromatic heterocycles. The fourth-order valence-electron chi connectivity index (χ4n) is 0.626. The van der Waals surface area contributed by atoms with Crippen molar-refractivity contribution in [2.45, 2.75) is 26.4 Å². The van der Waals surface area contributed by atoms with Gasteiger partial charge in [-0.15, -0.1) is 0 Å². The summed E-state index contributed by atoms with van der Waals surface area (Å²) in [5.74, 6) is 0.650. The molecule has 2 heteroatoms. The zero-order valence-corrected chi connectivity index (χ0v) is 6.22. The molecule has 0 spiro atoms. The third kappa shape index (κ3) is 3.14. The fraction of sp³-hybridized carbons (Fsp3) is 0.714. The van der Waals surface area contributed by atoms with Crippen molar-refractivity contribution >= 4 is 0 Å². The third-order valence-corrected chi connectivity index (χ3v) is 1.05. The molecule has 0 heterocycles. The van der Waals surface area contributed by atoms with Gasteiger partial charge in [-0.25, -0.2) is 0 Å². The predicted molar refractivity (Wildman–Crippen MR) is 37.1 cm³/mol. The van der Waals surface area contributed by atoms with Crippen molar-refractivity contribution in [1.82, 2.24) is 0 Å². The average Bonchev–Trinajstić information content (AvgIpc) is 1.82. The molecule has 0 bridgehead atoms. The fourth-order valence-corrected chi connectivity index (χ4v) is 0.626. The second-order valence-electron chi connectivity index (χ2n) is 1.89. The highest BCUT2D eigenvalue weighted by Crippen LogP contribution is 2.02. The number of aliphatic hydroxyl groups is 1. The molecule has 0 amide bonds. The van der Waals surface area contributed by atoms with E-state index in [1.165, 1.54) is 0 Å². The van der Waals surface area contributed by atoms with Gasteiger partial charge in [0.15, 0.2) is 0 Å². The molecule has 2 nitrogen and oxygen atoms in total. The van der Waals surface area contributed by atoms with Gasteiger partial charge in [-0.2, -0.15) is 0 Å². The molecule has 0 saturated heterocycles.